The number of hydrogen-bond acceptors (Lipinski definition) is 2. The lowest BCUT2D eigenvalue weighted by Crippen LogP contribution is -2.37. The zero-order valence-electron chi connectivity index (χ0n) is 11.4. The molecule has 3 nitrogen and oxygen atoms in total. The fraction of sp³-hybridized carbons (Fsp3) is 0.786. The molecular weight excluding hydrogens is 210 g/mol. The SMILES string of the molecule is Cc1cc(CC2(CN)CCC(C)CC2)n(C)n1. The molecule has 1 fully saturated rings. The van der Waals surface area contributed by atoms with E-state index < -0.39 is 0 Å². The average molecular weight is 235 g/mol. The molecule has 1 aliphatic rings. The van der Waals surface area contributed by atoms with Gasteiger partial charge in [-0.15, -0.1) is 0 Å². The van der Waals surface area contributed by atoms with Gasteiger partial charge in [-0.25, -0.2) is 0 Å². The molecule has 0 radical (unpaired) electrons. The predicted octanol–water partition coefficient (Wildman–Crippen LogP) is 2.43. The van der Waals surface area contributed by atoms with Crippen LogP contribution in [0.5, 0.6) is 0 Å². The van der Waals surface area contributed by atoms with Crippen molar-refractivity contribution in [3.05, 3.63) is 17.5 Å². The summed E-state index contributed by atoms with van der Waals surface area (Å²) in [5, 5.41) is 4.43. The quantitative estimate of drug-likeness (QED) is 0.874. The van der Waals surface area contributed by atoms with Crippen molar-refractivity contribution in [2.24, 2.45) is 24.1 Å². The van der Waals surface area contributed by atoms with Crippen LogP contribution in [0.25, 0.3) is 0 Å². The van der Waals surface area contributed by atoms with E-state index in [1.54, 1.807) is 0 Å². The summed E-state index contributed by atoms with van der Waals surface area (Å²) in [6, 6.07) is 2.20. The van der Waals surface area contributed by atoms with Gasteiger partial charge in [0.2, 0.25) is 0 Å². The van der Waals surface area contributed by atoms with E-state index >= 15 is 0 Å². The van der Waals surface area contributed by atoms with Crippen LogP contribution >= 0.6 is 0 Å². The van der Waals surface area contributed by atoms with Crippen molar-refractivity contribution < 1.29 is 0 Å². The molecular formula is C14H25N3. The first kappa shape index (κ1) is 12.6. The molecule has 17 heavy (non-hydrogen) atoms. The first-order valence-electron chi connectivity index (χ1n) is 6.74. The molecule has 1 saturated carbocycles. The first-order valence-corrected chi connectivity index (χ1v) is 6.74. The van der Waals surface area contributed by atoms with Gasteiger partial charge in [-0.2, -0.15) is 5.10 Å². The van der Waals surface area contributed by atoms with Gasteiger partial charge in [0.05, 0.1) is 5.69 Å². The van der Waals surface area contributed by atoms with E-state index in [0.717, 1.165) is 24.6 Å². The van der Waals surface area contributed by atoms with Crippen LogP contribution in [-0.2, 0) is 13.5 Å². The van der Waals surface area contributed by atoms with Crippen molar-refractivity contribution in [2.45, 2.75) is 46.0 Å². The first-order chi connectivity index (χ1) is 8.04. The maximum atomic E-state index is 6.06. The number of nitrogens with two attached hydrogens (primary N) is 1. The van der Waals surface area contributed by atoms with E-state index in [4.69, 9.17) is 5.73 Å². The minimum Gasteiger partial charge on any atom is -0.330 e. The van der Waals surface area contributed by atoms with Crippen LogP contribution in [-0.4, -0.2) is 16.3 Å². The number of aromatic nitrogens is 2. The summed E-state index contributed by atoms with van der Waals surface area (Å²) >= 11 is 0. The van der Waals surface area contributed by atoms with Gasteiger partial charge in [-0.05, 0) is 50.1 Å². The summed E-state index contributed by atoms with van der Waals surface area (Å²) in [5.41, 5.74) is 8.83. The molecule has 1 aliphatic carbocycles. The summed E-state index contributed by atoms with van der Waals surface area (Å²) in [4.78, 5) is 0. The Kier molecular flexibility index (Phi) is 3.57. The van der Waals surface area contributed by atoms with Gasteiger partial charge in [0, 0.05) is 12.7 Å². The monoisotopic (exact) mass is 235 g/mol. The number of hydrogen-bond donors (Lipinski definition) is 1. The molecule has 1 aromatic rings. The Hall–Kier alpha value is -0.830. The van der Waals surface area contributed by atoms with E-state index in [2.05, 4.69) is 25.0 Å². The van der Waals surface area contributed by atoms with Gasteiger partial charge in [-0.1, -0.05) is 19.8 Å². The third kappa shape index (κ3) is 2.71. The van der Waals surface area contributed by atoms with Crippen LogP contribution in [0.1, 0.15) is 44.0 Å². The van der Waals surface area contributed by atoms with Crippen molar-refractivity contribution in [3.63, 3.8) is 0 Å². The second kappa shape index (κ2) is 4.81. The van der Waals surface area contributed by atoms with Crippen LogP contribution in [0.4, 0.5) is 0 Å². The zero-order chi connectivity index (χ0) is 12.5. The highest BCUT2D eigenvalue weighted by Gasteiger charge is 2.33. The average Bonchev–Trinajstić information content (AvgIpc) is 2.61. The molecule has 3 heteroatoms. The summed E-state index contributed by atoms with van der Waals surface area (Å²) in [7, 11) is 2.04. The van der Waals surface area contributed by atoms with Gasteiger partial charge in [0.1, 0.15) is 0 Å². The second-order valence-corrected chi connectivity index (χ2v) is 5.96. The van der Waals surface area contributed by atoms with Crippen LogP contribution in [0.15, 0.2) is 6.07 Å². The predicted molar refractivity (Wildman–Crippen MR) is 70.8 cm³/mol. The maximum absolute atomic E-state index is 6.06. The van der Waals surface area contributed by atoms with Gasteiger partial charge in [-0.3, -0.25) is 4.68 Å². The molecule has 0 unspecified atom stereocenters. The lowest BCUT2D eigenvalue weighted by molar-refractivity contribution is 0.160. The normalized spacial score (nSPS) is 29.5. The molecule has 0 atom stereocenters. The van der Waals surface area contributed by atoms with Crippen molar-refractivity contribution in [2.75, 3.05) is 6.54 Å². The van der Waals surface area contributed by atoms with Crippen molar-refractivity contribution in [1.29, 1.82) is 0 Å². The molecule has 1 heterocycles. The summed E-state index contributed by atoms with van der Waals surface area (Å²) < 4.78 is 2.02. The summed E-state index contributed by atoms with van der Waals surface area (Å²) in [5.74, 6) is 0.878. The van der Waals surface area contributed by atoms with Crippen LogP contribution in [0.3, 0.4) is 0 Å². The second-order valence-electron chi connectivity index (χ2n) is 5.96. The molecule has 0 saturated heterocycles. The summed E-state index contributed by atoms with van der Waals surface area (Å²) in [6.07, 6.45) is 6.29. The Morgan fingerprint density at radius 2 is 2.12 bits per heavy atom. The lowest BCUT2D eigenvalue weighted by Gasteiger charge is -2.38. The Balaban J connectivity index is 2.12. The van der Waals surface area contributed by atoms with E-state index in [1.807, 2.05) is 11.7 Å². The number of aryl methyl sites for hydroxylation is 2. The van der Waals surface area contributed by atoms with E-state index in [0.29, 0.717) is 5.41 Å². The van der Waals surface area contributed by atoms with E-state index in [-0.39, 0.29) is 0 Å². The minimum atomic E-state index is 0.326. The highest BCUT2D eigenvalue weighted by Crippen LogP contribution is 2.40. The molecule has 96 valence electrons. The number of nitrogens with zero attached hydrogens (tertiary/aromatic N) is 2. The van der Waals surface area contributed by atoms with Crippen molar-refractivity contribution in [3.8, 4) is 0 Å². The molecule has 0 bridgehead atoms. The third-order valence-corrected chi connectivity index (χ3v) is 4.42. The lowest BCUT2D eigenvalue weighted by atomic mass is 9.68. The minimum absolute atomic E-state index is 0.326. The standard InChI is InChI=1S/C14H25N3/c1-11-4-6-14(10-15,7-5-11)9-13-8-12(2)16-17(13)3/h8,11H,4-7,9-10,15H2,1-3H3. The molecule has 2 N–H and O–H groups in total. The van der Waals surface area contributed by atoms with Gasteiger partial charge >= 0.3 is 0 Å². The topological polar surface area (TPSA) is 43.8 Å². The Morgan fingerprint density at radius 3 is 2.59 bits per heavy atom. The summed E-state index contributed by atoms with van der Waals surface area (Å²) in [6.45, 7) is 5.22. The van der Waals surface area contributed by atoms with Crippen molar-refractivity contribution >= 4 is 0 Å². The fourth-order valence-corrected chi connectivity index (χ4v) is 3.04. The van der Waals surface area contributed by atoms with Crippen LogP contribution < -0.4 is 5.73 Å². The largest absolute Gasteiger partial charge is 0.330 e. The van der Waals surface area contributed by atoms with Gasteiger partial charge in [0.25, 0.3) is 0 Å². The molecule has 0 aromatic carbocycles. The Bertz CT molecular complexity index is 373. The highest BCUT2D eigenvalue weighted by molar-refractivity contribution is 5.11. The van der Waals surface area contributed by atoms with E-state index in [1.165, 1.54) is 31.4 Å². The fourth-order valence-electron chi connectivity index (χ4n) is 3.04. The molecule has 0 spiro atoms. The Morgan fingerprint density at radius 1 is 1.47 bits per heavy atom. The third-order valence-electron chi connectivity index (χ3n) is 4.42. The maximum Gasteiger partial charge on any atom is 0.0596 e. The van der Waals surface area contributed by atoms with E-state index in [9.17, 15) is 0 Å². The number of rotatable bonds is 3. The molecule has 0 amide bonds. The van der Waals surface area contributed by atoms with Crippen LogP contribution in [0, 0.1) is 18.3 Å². The van der Waals surface area contributed by atoms with Crippen LogP contribution in [0.2, 0.25) is 0 Å². The Labute approximate surface area is 104 Å². The van der Waals surface area contributed by atoms with Gasteiger partial charge < -0.3 is 5.73 Å². The molecule has 0 aliphatic heterocycles. The molecule has 1 aromatic heterocycles. The van der Waals surface area contributed by atoms with Crippen molar-refractivity contribution in [1.82, 2.24) is 9.78 Å². The zero-order valence-corrected chi connectivity index (χ0v) is 11.4. The van der Waals surface area contributed by atoms with Gasteiger partial charge in [0.15, 0.2) is 0 Å². The highest BCUT2D eigenvalue weighted by atomic mass is 15.3. The molecule has 2 rings (SSSR count). The smallest absolute Gasteiger partial charge is 0.0596 e.